The minimum absolute atomic E-state index is 0.0702. The van der Waals surface area contributed by atoms with Crippen LogP contribution in [0.2, 0.25) is 0 Å². The highest BCUT2D eigenvalue weighted by molar-refractivity contribution is 7.92. The van der Waals surface area contributed by atoms with E-state index >= 15 is 0 Å². The average Bonchev–Trinajstić information content (AvgIpc) is 2.65. The largest absolute Gasteiger partial charge is 0.227 e. The Kier molecular flexibility index (Phi) is 4.55. The fourth-order valence-electron chi connectivity index (χ4n) is 2.37. The lowest BCUT2D eigenvalue weighted by molar-refractivity contribution is 0.589. The minimum atomic E-state index is -3.92. The first kappa shape index (κ1) is 16.7. The molecule has 7 heteroatoms. The van der Waals surface area contributed by atoms with Gasteiger partial charge in [0.2, 0.25) is 0 Å². The van der Waals surface area contributed by atoms with Crippen molar-refractivity contribution in [2.24, 2.45) is 0 Å². The summed E-state index contributed by atoms with van der Waals surface area (Å²) < 4.78 is 25.7. The smallest absolute Gasteiger partial charge is 0.200 e. The van der Waals surface area contributed by atoms with E-state index in [-0.39, 0.29) is 16.4 Å². The maximum absolute atomic E-state index is 12.9. The molecule has 0 radical (unpaired) electrons. The number of benzene rings is 2. The van der Waals surface area contributed by atoms with Crippen molar-refractivity contribution in [1.29, 1.82) is 5.26 Å². The molecule has 1 aromatic heterocycles. The second-order valence-electron chi connectivity index (χ2n) is 5.34. The van der Waals surface area contributed by atoms with Gasteiger partial charge in [-0.1, -0.05) is 48.5 Å². The van der Waals surface area contributed by atoms with Crippen LogP contribution in [0.3, 0.4) is 0 Å². The van der Waals surface area contributed by atoms with E-state index in [1.165, 1.54) is 12.1 Å². The van der Waals surface area contributed by atoms with E-state index in [9.17, 15) is 13.7 Å². The second-order valence-corrected chi connectivity index (χ2v) is 7.37. The Morgan fingerprint density at radius 1 is 0.960 bits per heavy atom. The standard InChI is InChI=1S/C18H14N4O2S/c1-13-17(20-18(22-21-13)14-8-4-2-5-9-14)16(12-19)25(23,24)15-10-6-3-7-11-15/h2-11,16H,1H3. The molecule has 1 atom stereocenters. The fourth-order valence-corrected chi connectivity index (χ4v) is 3.84. The number of sulfone groups is 1. The van der Waals surface area contributed by atoms with E-state index in [1.54, 1.807) is 37.3 Å². The molecular weight excluding hydrogens is 336 g/mol. The fraction of sp³-hybridized carbons (Fsp3) is 0.111. The number of nitrogens with zero attached hydrogens (tertiary/aromatic N) is 4. The molecule has 0 saturated heterocycles. The summed E-state index contributed by atoms with van der Waals surface area (Å²) in [6.07, 6.45) is 0. The van der Waals surface area contributed by atoms with Gasteiger partial charge in [0.15, 0.2) is 20.9 Å². The molecule has 2 aromatic carbocycles. The molecule has 6 nitrogen and oxygen atoms in total. The SMILES string of the molecule is Cc1nnc(-c2ccccc2)nc1C(C#N)S(=O)(=O)c1ccccc1. The van der Waals surface area contributed by atoms with Crippen molar-refractivity contribution in [3.8, 4) is 17.5 Å². The van der Waals surface area contributed by atoms with Crippen molar-refractivity contribution >= 4 is 9.84 Å². The van der Waals surface area contributed by atoms with Crippen LogP contribution in [0.1, 0.15) is 16.6 Å². The second kappa shape index (κ2) is 6.79. The van der Waals surface area contributed by atoms with E-state index in [2.05, 4.69) is 15.2 Å². The molecule has 0 saturated carbocycles. The molecule has 1 unspecified atom stereocenters. The summed E-state index contributed by atoms with van der Waals surface area (Å²) in [7, 11) is -3.92. The van der Waals surface area contributed by atoms with Crippen LogP contribution in [0.4, 0.5) is 0 Å². The third kappa shape index (κ3) is 3.25. The van der Waals surface area contributed by atoms with Gasteiger partial charge in [0.25, 0.3) is 0 Å². The third-order valence-corrected chi connectivity index (χ3v) is 5.55. The maximum atomic E-state index is 12.9. The van der Waals surface area contributed by atoms with Gasteiger partial charge < -0.3 is 0 Å². The normalized spacial score (nSPS) is 12.3. The van der Waals surface area contributed by atoms with Crippen molar-refractivity contribution in [3.05, 3.63) is 72.1 Å². The Morgan fingerprint density at radius 2 is 1.56 bits per heavy atom. The maximum Gasteiger partial charge on any atom is 0.200 e. The predicted octanol–water partition coefficient (Wildman–Crippen LogP) is 2.89. The highest BCUT2D eigenvalue weighted by Gasteiger charge is 2.32. The van der Waals surface area contributed by atoms with Crippen molar-refractivity contribution in [3.63, 3.8) is 0 Å². The number of aromatic nitrogens is 3. The summed E-state index contributed by atoms with van der Waals surface area (Å²) in [5.41, 5.74) is 1.11. The van der Waals surface area contributed by atoms with Crippen molar-refractivity contribution in [1.82, 2.24) is 15.2 Å². The van der Waals surface area contributed by atoms with Crippen LogP contribution in [0.5, 0.6) is 0 Å². The lowest BCUT2D eigenvalue weighted by atomic mass is 10.2. The summed E-state index contributed by atoms with van der Waals surface area (Å²) >= 11 is 0. The lowest BCUT2D eigenvalue weighted by Crippen LogP contribution is -2.16. The number of hydrogen-bond donors (Lipinski definition) is 0. The van der Waals surface area contributed by atoms with Crippen LogP contribution in [0.15, 0.2) is 65.6 Å². The Hall–Kier alpha value is -3.11. The molecule has 3 aromatic rings. The topological polar surface area (TPSA) is 96.6 Å². The quantitative estimate of drug-likeness (QED) is 0.718. The minimum Gasteiger partial charge on any atom is -0.227 e. The monoisotopic (exact) mass is 350 g/mol. The molecule has 0 bridgehead atoms. The van der Waals surface area contributed by atoms with Gasteiger partial charge in [-0.05, 0) is 19.1 Å². The predicted molar refractivity (Wildman–Crippen MR) is 92.0 cm³/mol. The van der Waals surface area contributed by atoms with Gasteiger partial charge in [-0.25, -0.2) is 13.4 Å². The first-order valence-corrected chi connectivity index (χ1v) is 9.04. The molecule has 1 heterocycles. The molecule has 0 aliphatic rings. The summed E-state index contributed by atoms with van der Waals surface area (Å²) in [4.78, 5) is 4.40. The van der Waals surface area contributed by atoms with Crippen molar-refractivity contribution in [2.45, 2.75) is 17.1 Å². The molecule has 0 spiro atoms. The van der Waals surface area contributed by atoms with Gasteiger partial charge in [-0.15, -0.1) is 5.10 Å². The Labute approximate surface area is 145 Å². The van der Waals surface area contributed by atoms with Crippen molar-refractivity contribution < 1.29 is 8.42 Å². The van der Waals surface area contributed by atoms with Crippen LogP contribution >= 0.6 is 0 Å². The molecular formula is C18H14N4O2S. The van der Waals surface area contributed by atoms with E-state index < -0.39 is 15.1 Å². The van der Waals surface area contributed by atoms with Crippen LogP contribution in [0, 0.1) is 18.3 Å². The molecule has 25 heavy (non-hydrogen) atoms. The number of hydrogen-bond acceptors (Lipinski definition) is 6. The van der Waals surface area contributed by atoms with Gasteiger partial charge in [0.1, 0.15) is 0 Å². The highest BCUT2D eigenvalue weighted by atomic mass is 32.2. The zero-order valence-corrected chi connectivity index (χ0v) is 14.2. The van der Waals surface area contributed by atoms with E-state index in [4.69, 9.17) is 0 Å². The highest BCUT2D eigenvalue weighted by Crippen LogP contribution is 2.29. The summed E-state index contributed by atoms with van der Waals surface area (Å²) in [6, 6.07) is 18.8. The lowest BCUT2D eigenvalue weighted by Gasteiger charge is -2.13. The van der Waals surface area contributed by atoms with E-state index in [0.717, 1.165) is 0 Å². The average molecular weight is 350 g/mol. The van der Waals surface area contributed by atoms with Gasteiger partial charge in [0.05, 0.1) is 22.4 Å². The van der Waals surface area contributed by atoms with Crippen LogP contribution < -0.4 is 0 Å². The van der Waals surface area contributed by atoms with Crippen LogP contribution in [-0.2, 0) is 9.84 Å². The third-order valence-electron chi connectivity index (χ3n) is 3.67. The first-order valence-electron chi connectivity index (χ1n) is 7.49. The van der Waals surface area contributed by atoms with Gasteiger partial charge in [-0.3, -0.25) is 0 Å². The van der Waals surface area contributed by atoms with Crippen LogP contribution in [0.25, 0.3) is 11.4 Å². The zero-order valence-electron chi connectivity index (χ0n) is 13.4. The molecule has 0 fully saturated rings. The summed E-state index contributed by atoms with van der Waals surface area (Å²) in [5, 5.41) is 16.1. The number of rotatable bonds is 4. The van der Waals surface area contributed by atoms with Gasteiger partial charge >= 0.3 is 0 Å². The van der Waals surface area contributed by atoms with E-state index in [1.807, 2.05) is 24.3 Å². The van der Waals surface area contributed by atoms with Gasteiger partial charge in [0, 0.05) is 5.56 Å². The molecule has 0 N–H and O–H groups in total. The van der Waals surface area contributed by atoms with Gasteiger partial charge in [-0.2, -0.15) is 10.4 Å². The Morgan fingerprint density at radius 3 is 2.16 bits per heavy atom. The molecule has 3 rings (SSSR count). The number of nitriles is 1. The van der Waals surface area contributed by atoms with Crippen molar-refractivity contribution in [2.75, 3.05) is 0 Å². The molecule has 124 valence electrons. The number of aryl methyl sites for hydroxylation is 1. The first-order chi connectivity index (χ1) is 12.0. The molecule has 0 amide bonds. The van der Waals surface area contributed by atoms with E-state index in [0.29, 0.717) is 11.3 Å². The molecule has 0 aliphatic carbocycles. The zero-order chi connectivity index (χ0) is 17.9. The molecule has 0 aliphatic heterocycles. The Bertz CT molecular complexity index is 1030. The van der Waals surface area contributed by atoms with Crippen LogP contribution in [-0.4, -0.2) is 23.6 Å². The summed E-state index contributed by atoms with van der Waals surface area (Å²) in [6.45, 7) is 1.59. The summed E-state index contributed by atoms with van der Waals surface area (Å²) in [5.74, 6) is 0.282. The Balaban J connectivity index is 2.12.